The second-order valence-corrected chi connectivity index (χ2v) is 5.21. The van der Waals surface area contributed by atoms with Crippen molar-refractivity contribution in [3.05, 3.63) is 54.1 Å². The first-order valence-electron chi connectivity index (χ1n) is 7.18. The third kappa shape index (κ3) is 2.83. The Labute approximate surface area is 134 Å². The molecule has 0 aliphatic carbocycles. The molecule has 1 heterocycles. The number of nitrogens with zero attached hydrogens (tertiary/aromatic N) is 2. The maximum atomic E-state index is 12.1. The minimum Gasteiger partial charge on any atom is -0.465 e. The Morgan fingerprint density at radius 2 is 1.74 bits per heavy atom. The maximum Gasteiger partial charge on any atom is 0.337 e. The Morgan fingerprint density at radius 1 is 1.09 bits per heavy atom. The van der Waals surface area contributed by atoms with E-state index in [9.17, 15) is 9.59 Å². The molecule has 0 saturated carbocycles. The van der Waals surface area contributed by atoms with Crippen molar-refractivity contribution in [1.29, 1.82) is 0 Å². The summed E-state index contributed by atoms with van der Waals surface area (Å²) >= 11 is 0. The van der Waals surface area contributed by atoms with Gasteiger partial charge in [-0.2, -0.15) is 0 Å². The Balaban J connectivity index is 1.84. The Hall–Kier alpha value is -3.02. The van der Waals surface area contributed by atoms with Crippen LogP contribution in [0.15, 0.2) is 48.5 Å². The average molecular weight is 311 g/mol. The number of rotatable bonds is 3. The van der Waals surface area contributed by atoms with Gasteiger partial charge < -0.3 is 9.64 Å². The SMILES string of the molecule is COC(=O)c1ccc(NN2CC(=O)N(C)c3ccccc32)cc1. The molecule has 0 fully saturated rings. The summed E-state index contributed by atoms with van der Waals surface area (Å²) in [6.45, 7) is 0.228. The van der Waals surface area contributed by atoms with E-state index < -0.39 is 0 Å². The van der Waals surface area contributed by atoms with Crippen LogP contribution in [0.2, 0.25) is 0 Å². The molecule has 1 aliphatic rings. The van der Waals surface area contributed by atoms with Crippen LogP contribution in [0.5, 0.6) is 0 Å². The Kier molecular flexibility index (Phi) is 3.89. The van der Waals surface area contributed by atoms with Gasteiger partial charge in [0, 0.05) is 7.05 Å². The minimum atomic E-state index is -0.378. The zero-order valence-electron chi connectivity index (χ0n) is 12.9. The molecule has 0 unspecified atom stereocenters. The first kappa shape index (κ1) is 14.9. The largest absolute Gasteiger partial charge is 0.465 e. The third-order valence-electron chi connectivity index (χ3n) is 3.77. The highest BCUT2D eigenvalue weighted by molar-refractivity contribution is 6.03. The number of para-hydroxylation sites is 2. The highest BCUT2D eigenvalue weighted by Gasteiger charge is 2.26. The normalized spacial score (nSPS) is 13.6. The van der Waals surface area contributed by atoms with Crippen LogP contribution in [-0.2, 0) is 9.53 Å². The van der Waals surface area contributed by atoms with Gasteiger partial charge in [0.25, 0.3) is 0 Å². The van der Waals surface area contributed by atoms with Gasteiger partial charge in [0.05, 0.1) is 29.7 Å². The lowest BCUT2D eigenvalue weighted by Crippen LogP contribution is -2.46. The molecule has 1 amide bonds. The third-order valence-corrected chi connectivity index (χ3v) is 3.77. The molecule has 118 valence electrons. The number of nitrogens with one attached hydrogen (secondary N) is 1. The van der Waals surface area contributed by atoms with Crippen molar-refractivity contribution in [3.8, 4) is 0 Å². The highest BCUT2D eigenvalue weighted by Crippen LogP contribution is 2.32. The van der Waals surface area contributed by atoms with Gasteiger partial charge in [0.1, 0.15) is 6.54 Å². The standard InChI is InChI=1S/C17H17N3O3/c1-19-14-5-3-4-6-15(14)20(11-16(19)21)18-13-9-7-12(8-10-13)17(22)23-2/h3-10,18H,11H2,1-2H3. The fourth-order valence-electron chi connectivity index (χ4n) is 2.49. The molecule has 6 heteroatoms. The molecule has 0 bridgehead atoms. The number of methoxy groups -OCH3 is 1. The van der Waals surface area contributed by atoms with E-state index in [1.807, 2.05) is 24.3 Å². The second-order valence-electron chi connectivity index (χ2n) is 5.21. The lowest BCUT2D eigenvalue weighted by molar-refractivity contribution is -0.117. The summed E-state index contributed by atoms with van der Waals surface area (Å²) in [7, 11) is 3.12. The van der Waals surface area contributed by atoms with Gasteiger partial charge >= 0.3 is 5.97 Å². The van der Waals surface area contributed by atoms with Crippen molar-refractivity contribution < 1.29 is 14.3 Å². The molecule has 3 rings (SSSR count). The van der Waals surface area contributed by atoms with Crippen molar-refractivity contribution in [2.24, 2.45) is 0 Å². The number of anilines is 3. The molecule has 1 N–H and O–H groups in total. The lowest BCUT2D eigenvalue weighted by atomic mass is 10.2. The van der Waals surface area contributed by atoms with Gasteiger partial charge in [-0.3, -0.25) is 15.2 Å². The van der Waals surface area contributed by atoms with Crippen LogP contribution in [-0.4, -0.2) is 32.6 Å². The summed E-state index contributed by atoms with van der Waals surface area (Å²) in [6.07, 6.45) is 0. The van der Waals surface area contributed by atoms with E-state index >= 15 is 0 Å². The fraction of sp³-hybridized carbons (Fsp3) is 0.176. The molecule has 2 aromatic carbocycles. The van der Waals surface area contributed by atoms with E-state index in [-0.39, 0.29) is 18.4 Å². The lowest BCUT2D eigenvalue weighted by Gasteiger charge is -2.35. The highest BCUT2D eigenvalue weighted by atomic mass is 16.5. The number of carbonyl (C=O) groups excluding carboxylic acids is 2. The number of amides is 1. The van der Waals surface area contributed by atoms with Gasteiger partial charge in [-0.05, 0) is 36.4 Å². The molecule has 0 radical (unpaired) electrons. The van der Waals surface area contributed by atoms with Crippen molar-refractivity contribution >= 4 is 28.9 Å². The molecule has 0 spiro atoms. The van der Waals surface area contributed by atoms with Gasteiger partial charge in [-0.25, -0.2) is 4.79 Å². The maximum absolute atomic E-state index is 12.1. The number of hydrogen-bond acceptors (Lipinski definition) is 5. The number of esters is 1. The van der Waals surface area contributed by atoms with Crippen LogP contribution < -0.4 is 15.3 Å². The van der Waals surface area contributed by atoms with E-state index in [2.05, 4.69) is 10.2 Å². The van der Waals surface area contributed by atoms with Crippen LogP contribution in [0, 0.1) is 0 Å². The van der Waals surface area contributed by atoms with Gasteiger partial charge in [0.15, 0.2) is 0 Å². The average Bonchev–Trinajstić information content (AvgIpc) is 2.59. The summed E-state index contributed by atoms with van der Waals surface area (Å²) in [5, 5.41) is 1.80. The molecule has 0 aromatic heterocycles. The number of ether oxygens (including phenoxy) is 1. The molecule has 2 aromatic rings. The molecule has 0 saturated heterocycles. The van der Waals surface area contributed by atoms with E-state index in [0.29, 0.717) is 5.56 Å². The smallest absolute Gasteiger partial charge is 0.337 e. The predicted octanol–water partition coefficient (Wildman–Crippen LogP) is 2.28. The number of hydrazine groups is 1. The summed E-state index contributed by atoms with van der Waals surface area (Å²) in [5.41, 5.74) is 6.24. The van der Waals surface area contributed by atoms with Crippen molar-refractivity contribution in [3.63, 3.8) is 0 Å². The quantitative estimate of drug-likeness (QED) is 0.881. The minimum absolute atomic E-state index is 0.00220. The molecular weight excluding hydrogens is 294 g/mol. The number of carbonyl (C=O) groups is 2. The zero-order valence-corrected chi connectivity index (χ0v) is 12.9. The van der Waals surface area contributed by atoms with Gasteiger partial charge in [-0.1, -0.05) is 12.1 Å². The molecule has 6 nitrogen and oxygen atoms in total. The molecule has 23 heavy (non-hydrogen) atoms. The number of fused-ring (bicyclic) bond motifs is 1. The van der Waals surface area contributed by atoms with E-state index in [1.54, 1.807) is 41.2 Å². The zero-order chi connectivity index (χ0) is 16.4. The molecule has 1 aliphatic heterocycles. The summed E-state index contributed by atoms with van der Waals surface area (Å²) in [5.74, 6) is -0.376. The first-order valence-corrected chi connectivity index (χ1v) is 7.18. The van der Waals surface area contributed by atoms with Crippen LogP contribution in [0.25, 0.3) is 0 Å². The summed E-state index contributed by atoms with van der Waals surface area (Å²) in [4.78, 5) is 25.2. The second kappa shape index (κ2) is 6.00. The Morgan fingerprint density at radius 3 is 2.39 bits per heavy atom. The van der Waals surface area contributed by atoms with Crippen LogP contribution in [0.1, 0.15) is 10.4 Å². The van der Waals surface area contributed by atoms with Gasteiger partial charge in [0.2, 0.25) is 5.91 Å². The molecule has 0 atom stereocenters. The predicted molar refractivity (Wildman–Crippen MR) is 88.6 cm³/mol. The Bertz CT molecular complexity index is 743. The summed E-state index contributed by atoms with van der Waals surface area (Å²) in [6, 6.07) is 14.6. The molecular formula is C17H17N3O3. The summed E-state index contributed by atoms with van der Waals surface area (Å²) < 4.78 is 4.68. The van der Waals surface area contributed by atoms with Crippen molar-refractivity contribution in [2.45, 2.75) is 0 Å². The fourth-order valence-corrected chi connectivity index (χ4v) is 2.49. The number of likely N-dealkylation sites (N-methyl/N-ethyl adjacent to an activating group) is 1. The van der Waals surface area contributed by atoms with E-state index in [0.717, 1.165) is 17.1 Å². The first-order chi connectivity index (χ1) is 11.1. The number of benzene rings is 2. The van der Waals surface area contributed by atoms with Crippen molar-refractivity contribution in [1.82, 2.24) is 0 Å². The van der Waals surface area contributed by atoms with Crippen LogP contribution in [0.3, 0.4) is 0 Å². The van der Waals surface area contributed by atoms with Crippen LogP contribution >= 0.6 is 0 Å². The number of hydrogen-bond donors (Lipinski definition) is 1. The van der Waals surface area contributed by atoms with E-state index in [1.165, 1.54) is 7.11 Å². The van der Waals surface area contributed by atoms with Crippen LogP contribution in [0.4, 0.5) is 17.1 Å². The van der Waals surface area contributed by atoms with E-state index in [4.69, 9.17) is 0 Å². The van der Waals surface area contributed by atoms with Gasteiger partial charge in [-0.15, -0.1) is 0 Å². The van der Waals surface area contributed by atoms with Crippen molar-refractivity contribution in [2.75, 3.05) is 36.0 Å². The monoisotopic (exact) mass is 311 g/mol. The topological polar surface area (TPSA) is 61.9 Å².